The largest absolute Gasteiger partial charge is 0.370 e. The fourth-order valence-corrected chi connectivity index (χ4v) is 3.23. The van der Waals surface area contributed by atoms with Crippen molar-refractivity contribution in [3.8, 4) is 0 Å². The summed E-state index contributed by atoms with van der Waals surface area (Å²) in [4.78, 5) is 14.3. The Morgan fingerprint density at radius 2 is 1.67 bits per heavy atom. The number of halogens is 2. The number of carbonyl (C=O) groups excluding carboxylic acids is 1. The van der Waals surface area contributed by atoms with Crippen molar-refractivity contribution in [2.75, 3.05) is 33.9 Å². The van der Waals surface area contributed by atoms with E-state index in [1.54, 1.807) is 30.5 Å². The monoisotopic (exact) mass is 410 g/mol. The molecule has 0 aliphatic carbocycles. The molecule has 3 aromatic rings. The van der Waals surface area contributed by atoms with E-state index >= 15 is 0 Å². The lowest BCUT2D eigenvalue weighted by atomic mass is 10.2. The lowest BCUT2D eigenvalue weighted by Crippen LogP contribution is -2.20. The van der Waals surface area contributed by atoms with Gasteiger partial charge in [-0.05, 0) is 49.2 Å². The maximum Gasteiger partial charge on any atom is 0.323 e. The quantitative estimate of drug-likeness (QED) is 0.566. The molecule has 4 rings (SSSR count). The van der Waals surface area contributed by atoms with Crippen molar-refractivity contribution in [2.24, 2.45) is 0 Å². The standard InChI is InChI=1S/C21H20F2N6O/c22-14-3-8-18(23)19(11-14)27-21(30)26-16-6-4-15(5-7-16)25-20-12-17(13-24-28-20)29-9-1-2-10-29/h3-8,11-13H,1-2,9-10H2,(H,25,28)(H2,26,27,30). The van der Waals surface area contributed by atoms with Gasteiger partial charge in [-0.1, -0.05) is 0 Å². The number of aromatic nitrogens is 2. The molecule has 2 heterocycles. The van der Waals surface area contributed by atoms with Crippen molar-refractivity contribution < 1.29 is 13.6 Å². The van der Waals surface area contributed by atoms with Gasteiger partial charge >= 0.3 is 6.03 Å². The summed E-state index contributed by atoms with van der Waals surface area (Å²) in [5.41, 5.74) is 2.06. The summed E-state index contributed by atoms with van der Waals surface area (Å²) in [6, 6.07) is 11.0. The number of nitrogens with zero attached hydrogens (tertiary/aromatic N) is 3. The van der Waals surface area contributed by atoms with Crippen LogP contribution < -0.4 is 20.9 Å². The molecule has 30 heavy (non-hydrogen) atoms. The first-order valence-corrected chi connectivity index (χ1v) is 9.55. The topological polar surface area (TPSA) is 82.2 Å². The maximum atomic E-state index is 13.6. The minimum Gasteiger partial charge on any atom is -0.370 e. The lowest BCUT2D eigenvalue weighted by molar-refractivity contribution is 0.262. The van der Waals surface area contributed by atoms with E-state index in [4.69, 9.17) is 0 Å². The number of carbonyl (C=O) groups is 1. The number of hydrogen-bond donors (Lipinski definition) is 3. The fraction of sp³-hybridized carbons (Fsp3) is 0.190. The van der Waals surface area contributed by atoms with E-state index in [1.165, 1.54) is 12.8 Å². The first kappa shape index (κ1) is 19.6. The van der Waals surface area contributed by atoms with Crippen molar-refractivity contribution in [3.05, 3.63) is 66.4 Å². The second-order valence-electron chi connectivity index (χ2n) is 6.90. The van der Waals surface area contributed by atoms with Gasteiger partial charge in [-0.25, -0.2) is 13.6 Å². The Hall–Kier alpha value is -3.75. The molecule has 3 N–H and O–H groups in total. The molecular formula is C21H20F2N6O. The molecule has 2 aromatic carbocycles. The van der Waals surface area contributed by atoms with Crippen molar-refractivity contribution in [1.82, 2.24) is 10.2 Å². The van der Waals surface area contributed by atoms with Crippen LogP contribution in [0.2, 0.25) is 0 Å². The van der Waals surface area contributed by atoms with E-state index < -0.39 is 17.7 Å². The van der Waals surface area contributed by atoms with Crippen LogP contribution in [0.1, 0.15) is 12.8 Å². The highest BCUT2D eigenvalue weighted by Crippen LogP contribution is 2.23. The summed E-state index contributed by atoms with van der Waals surface area (Å²) in [6.07, 6.45) is 4.11. The molecule has 1 aliphatic heterocycles. The summed E-state index contributed by atoms with van der Waals surface area (Å²) in [5.74, 6) is -0.734. The molecule has 154 valence electrons. The van der Waals surface area contributed by atoms with Crippen LogP contribution >= 0.6 is 0 Å². The Kier molecular flexibility index (Phi) is 5.69. The predicted octanol–water partition coefficient (Wildman–Crippen LogP) is 4.74. The zero-order chi connectivity index (χ0) is 20.9. The highest BCUT2D eigenvalue weighted by Gasteiger charge is 2.13. The van der Waals surface area contributed by atoms with Crippen LogP contribution in [0.3, 0.4) is 0 Å². The van der Waals surface area contributed by atoms with E-state index in [-0.39, 0.29) is 5.69 Å². The Balaban J connectivity index is 1.36. The molecule has 0 atom stereocenters. The van der Waals surface area contributed by atoms with E-state index in [2.05, 4.69) is 31.0 Å². The summed E-state index contributed by atoms with van der Waals surface area (Å²) < 4.78 is 26.8. The Morgan fingerprint density at radius 1 is 0.933 bits per heavy atom. The van der Waals surface area contributed by atoms with Crippen LogP contribution in [0.25, 0.3) is 0 Å². The first-order chi connectivity index (χ1) is 14.6. The van der Waals surface area contributed by atoms with Gasteiger partial charge in [0.05, 0.1) is 17.6 Å². The average molecular weight is 410 g/mol. The van der Waals surface area contributed by atoms with E-state index in [9.17, 15) is 13.6 Å². The van der Waals surface area contributed by atoms with Crippen molar-refractivity contribution in [3.63, 3.8) is 0 Å². The second-order valence-corrected chi connectivity index (χ2v) is 6.90. The molecule has 7 nitrogen and oxygen atoms in total. The fourth-order valence-electron chi connectivity index (χ4n) is 3.23. The van der Waals surface area contributed by atoms with E-state index in [0.29, 0.717) is 11.5 Å². The molecule has 1 saturated heterocycles. The van der Waals surface area contributed by atoms with Crippen LogP contribution in [0.5, 0.6) is 0 Å². The molecule has 1 aliphatic rings. The number of hydrogen-bond acceptors (Lipinski definition) is 5. The van der Waals surface area contributed by atoms with Gasteiger partial charge in [-0.3, -0.25) is 0 Å². The third kappa shape index (κ3) is 4.80. The number of benzene rings is 2. The highest BCUT2D eigenvalue weighted by molar-refractivity contribution is 5.99. The van der Waals surface area contributed by atoms with Gasteiger partial charge in [-0.2, -0.15) is 5.10 Å². The molecule has 0 unspecified atom stereocenters. The molecule has 0 bridgehead atoms. The summed E-state index contributed by atoms with van der Waals surface area (Å²) >= 11 is 0. The van der Waals surface area contributed by atoms with Gasteiger partial charge < -0.3 is 20.9 Å². The molecule has 1 fully saturated rings. The van der Waals surface area contributed by atoms with Crippen molar-refractivity contribution >= 4 is 34.6 Å². The SMILES string of the molecule is O=C(Nc1ccc(Nc2cc(N3CCCC3)cnn2)cc1)Nc1cc(F)ccc1F. The number of anilines is 5. The molecular weight excluding hydrogens is 390 g/mol. The Labute approximate surface area is 172 Å². The van der Waals surface area contributed by atoms with Crippen LogP contribution in [0.4, 0.5) is 42.1 Å². The van der Waals surface area contributed by atoms with Gasteiger partial charge in [0.2, 0.25) is 0 Å². The molecule has 0 radical (unpaired) electrons. The smallest absolute Gasteiger partial charge is 0.323 e. The van der Waals surface area contributed by atoms with Gasteiger partial charge in [-0.15, -0.1) is 5.10 Å². The summed E-state index contributed by atoms with van der Waals surface area (Å²) in [7, 11) is 0. The number of urea groups is 1. The first-order valence-electron chi connectivity index (χ1n) is 9.55. The zero-order valence-corrected chi connectivity index (χ0v) is 16.0. The molecule has 1 aromatic heterocycles. The van der Waals surface area contributed by atoms with E-state index in [0.717, 1.165) is 42.7 Å². The summed E-state index contributed by atoms with van der Waals surface area (Å²) in [5, 5.41) is 16.2. The minimum atomic E-state index is -0.719. The van der Waals surface area contributed by atoms with Gasteiger partial charge in [0, 0.05) is 36.6 Å². The average Bonchev–Trinajstić information content (AvgIpc) is 3.27. The number of nitrogens with one attached hydrogen (secondary N) is 3. The van der Waals surface area contributed by atoms with Crippen LogP contribution in [-0.4, -0.2) is 29.3 Å². The molecule has 2 amide bonds. The molecule has 0 spiro atoms. The predicted molar refractivity (Wildman–Crippen MR) is 112 cm³/mol. The number of rotatable bonds is 5. The Morgan fingerprint density at radius 3 is 2.43 bits per heavy atom. The Bertz CT molecular complexity index is 1040. The third-order valence-electron chi connectivity index (χ3n) is 4.70. The lowest BCUT2D eigenvalue weighted by Gasteiger charge is -2.17. The second kappa shape index (κ2) is 8.73. The minimum absolute atomic E-state index is 0.234. The third-order valence-corrected chi connectivity index (χ3v) is 4.70. The van der Waals surface area contributed by atoms with Crippen LogP contribution in [-0.2, 0) is 0 Å². The maximum absolute atomic E-state index is 13.6. The summed E-state index contributed by atoms with van der Waals surface area (Å²) in [6.45, 7) is 2.04. The van der Waals surface area contributed by atoms with Gasteiger partial charge in [0.15, 0.2) is 5.82 Å². The molecule has 9 heteroatoms. The van der Waals surface area contributed by atoms with Gasteiger partial charge in [0.25, 0.3) is 0 Å². The molecule has 0 saturated carbocycles. The highest BCUT2D eigenvalue weighted by atomic mass is 19.1. The van der Waals surface area contributed by atoms with Crippen molar-refractivity contribution in [1.29, 1.82) is 0 Å². The van der Waals surface area contributed by atoms with Crippen LogP contribution in [0, 0.1) is 11.6 Å². The zero-order valence-electron chi connectivity index (χ0n) is 16.0. The van der Waals surface area contributed by atoms with Gasteiger partial charge in [0.1, 0.15) is 11.6 Å². The number of amides is 2. The van der Waals surface area contributed by atoms with Crippen LogP contribution in [0.15, 0.2) is 54.7 Å². The normalized spacial score (nSPS) is 13.2. The van der Waals surface area contributed by atoms with E-state index in [1.807, 2.05) is 6.07 Å². The van der Waals surface area contributed by atoms with Crippen molar-refractivity contribution in [2.45, 2.75) is 12.8 Å².